The Morgan fingerprint density at radius 2 is 1.90 bits per heavy atom. The molecule has 0 fully saturated rings. The molecule has 3 heterocycles. The standard InChI is InChI=1S/C16H12N4O/c1-21-14-7-6-11(12-4-2-8-17-16(12)14)13-10-18-15-5-3-9-19-20(13)15/h2-10H,1H3. The number of ether oxygens (including phenoxy) is 1. The first-order valence-corrected chi connectivity index (χ1v) is 6.59. The normalized spacial score (nSPS) is 11.1. The van der Waals surface area contributed by atoms with E-state index in [1.807, 2.05) is 47.1 Å². The number of pyridine rings is 1. The lowest BCUT2D eigenvalue weighted by molar-refractivity contribution is 0.419. The van der Waals surface area contributed by atoms with Crippen molar-refractivity contribution in [3.05, 3.63) is 55.0 Å². The zero-order chi connectivity index (χ0) is 14.2. The summed E-state index contributed by atoms with van der Waals surface area (Å²) in [7, 11) is 1.65. The van der Waals surface area contributed by atoms with Crippen molar-refractivity contribution >= 4 is 16.6 Å². The number of hydrogen-bond acceptors (Lipinski definition) is 4. The molecule has 5 heteroatoms. The summed E-state index contributed by atoms with van der Waals surface area (Å²) in [5, 5.41) is 5.39. The van der Waals surface area contributed by atoms with Crippen LogP contribution in [0.25, 0.3) is 27.8 Å². The molecular formula is C16H12N4O. The Labute approximate surface area is 120 Å². The molecule has 0 aliphatic rings. The summed E-state index contributed by atoms with van der Waals surface area (Å²) in [5.74, 6) is 0.760. The third-order valence-electron chi connectivity index (χ3n) is 3.51. The van der Waals surface area contributed by atoms with Gasteiger partial charge in [-0.3, -0.25) is 4.98 Å². The fourth-order valence-corrected chi connectivity index (χ4v) is 2.55. The summed E-state index contributed by atoms with van der Waals surface area (Å²) < 4.78 is 7.21. The largest absolute Gasteiger partial charge is 0.494 e. The number of nitrogens with zero attached hydrogens (tertiary/aromatic N) is 4. The lowest BCUT2D eigenvalue weighted by Gasteiger charge is -2.09. The molecule has 0 aliphatic heterocycles. The number of aromatic nitrogens is 4. The maximum atomic E-state index is 5.39. The average molecular weight is 276 g/mol. The molecule has 4 aromatic rings. The minimum atomic E-state index is 0.760. The molecule has 5 nitrogen and oxygen atoms in total. The van der Waals surface area contributed by atoms with Crippen LogP contribution in [0, 0.1) is 0 Å². The molecule has 21 heavy (non-hydrogen) atoms. The number of benzene rings is 1. The molecule has 0 N–H and O–H groups in total. The first kappa shape index (κ1) is 11.8. The minimum absolute atomic E-state index is 0.760. The van der Waals surface area contributed by atoms with Crippen molar-refractivity contribution in [2.75, 3.05) is 7.11 Å². The average Bonchev–Trinajstić information content (AvgIpc) is 2.98. The van der Waals surface area contributed by atoms with E-state index in [0.717, 1.165) is 33.6 Å². The maximum Gasteiger partial charge on any atom is 0.154 e. The monoisotopic (exact) mass is 276 g/mol. The first-order valence-electron chi connectivity index (χ1n) is 6.59. The maximum absolute atomic E-state index is 5.39. The second kappa shape index (κ2) is 4.56. The van der Waals surface area contributed by atoms with E-state index in [9.17, 15) is 0 Å². The molecule has 1 aromatic carbocycles. The van der Waals surface area contributed by atoms with Gasteiger partial charge in [0.25, 0.3) is 0 Å². The zero-order valence-corrected chi connectivity index (χ0v) is 11.4. The van der Waals surface area contributed by atoms with E-state index < -0.39 is 0 Å². The van der Waals surface area contributed by atoms with Crippen LogP contribution in [0.1, 0.15) is 0 Å². The van der Waals surface area contributed by atoms with E-state index in [1.165, 1.54) is 0 Å². The Balaban J connectivity index is 2.07. The zero-order valence-electron chi connectivity index (χ0n) is 11.4. The number of methoxy groups -OCH3 is 1. The van der Waals surface area contributed by atoms with Gasteiger partial charge in [-0.15, -0.1) is 0 Å². The Hall–Kier alpha value is -2.95. The molecular weight excluding hydrogens is 264 g/mol. The topological polar surface area (TPSA) is 52.3 Å². The third-order valence-corrected chi connectivity index (χ3v) is 3.51. The molecule has 4 rings (SSSR count). The summed E-state index contributed by atoms with van der Waals surface area (Å²) in [6.07, 6.45) is 5.35. The van der Waals surface area contributed by atoms with E-state index in [4.69, 9.17) is 4.74 Å². The van der Waals surface area contributed by atoms with Crippen LogP contribution in [-0.2, 0) is 0 Å². The van der Waals surface area contributed by atoms with E-state index in [-0.39, 0.29) is 0 Å². The number of imidazole rings is 1. The predicted octanol–water partition coefficient (Wildman–Crippen LogP) is 2.95. The first-order chi connectivity index (χ1) is 10.4. The lowest BCUT2D eigenvalue weighted by Crippen LogP contribution is -1.95. The van der Waals surface area contributed by atoms with Crippen molar-refractivity contribution in [2.45, 2.75) is 0 Å². The van der Waals surface area contributed by atoms with Crippen LogP contribution < -0.4 is 4.74 Å². The van der Waals surface area contributed by atoms with Crippen molar-refractivity contribution in [1.82, 2.24) is 19.6 Å². The highest BCUT2D eigenvalue weighted by Gasteiger charge is 2.12. The van der Waals surface area contributed by atoms with Crippen LogP contribution in [0.5, 0.6) is 5.75 Å². The summed E-state index contributed by atoms with van der Waals surface area (Å²) in [4.78, 5) is 8.82. The number of hydrogen-bond donors (Lipinski definition) is 0. The van der Waals surface area contributed by atoms with Crippen molar-refractivity contribution in [3.8, 4) is 17.0 Å². The van der Waals surface area contributed by atoms with Gasteiger partial charge in [0.1, 0.15) is 11.3 Å². The highest BCUT2D eigenvalue weighted by atomic mass is 16.5. The van der Waals surface area contributed by atoms with Crippen LogP contribution >= 0.6 is 0 Å². The van der Waals surface area contributed by atoms with Crippen molar-refractivity contribution < 1.29 is 4.74 Å². The van der Waals surface area contributed by atoms with Crippen LogP contribution in [0.4, 0.5) is 0 Å². The summed E-state index contributed by atoms with van der Waals surface area (Å²) in [6.45, 7) is 0. The quantitative estimate of drug-likeness (QED) is 0.565. The van der Waals surface area contributed by atoms with Gasteiger partial charge in [-0.2, -0.15) is 5.10 Å². The molecule has 0 radical (unpaired) electrons. The van der Waals surface area contributed by atoms with Gasteiger partial charge < -0.3 is 4.74 Å². The van der Waals surface area contributed by atoms with Gasteiger partial charge in [0.05, 0.1) is 19.0 Å². The minimum Gasteiger partial charge on any atom is -0.494 e. The van der Waals surface area contributed by atoms with E-state index >= 15 is 0 Å². The van der Waals surface area contributed by atoms with Crippen molar-refractivity contribution in [3.63, 3.8) is 0 Å². The van der Waals surface area contributed by atoms with E-state index in [1.54, 1.807) is 19.5 Å². The second-order valence-corrected chi connectivity index (χ2v) is 4.65. The Morgan fingerprint density at radius 3 is 2.81 bits per heavy atom. The fraction of sp³-hybridized carbons (Fsp3) is 0.0625. The molecule has 0 aliphatic carbocycles. The molecule has 3 aromatic heterocycles. The Bertz CT molecular complexity index is 945. The van der Waals surface area contributed by atoms with Gasteiger partial charge >= 0.3 is 0 Å². The summed E-state index contributed by atoms with van der Waals surface area (Å²) >= 11 is 0. The van der Waals surface area contributed by atoms with E-state index in [2.05, 4.69) is 15.1 Å². The van der Waals surface area contributed by atoms with Crippen LogP contribution in [0.15, 0.2) is 55.0 Å². The van der Waals surface area contributed by atoms with Crippen LogP contribution in [0.2, 0.25) is 0 Å². The molecule has 0 bridgehead atoms. The fourth-order valence-electron chi connectivity index (χ4n) is 2.55. The Kier molecular flexibility index (Phi) is 2.57. The van der Waals surface area contributed by atoms with Crippen LogP contribution in [-0.4, -0.2) is 26.7 Å². The molecule has 0 unspecified atom stereocenters. The number of rotatable bonds is 2. The van der Waals surface area contributed by atoms with Gasteiger partial charge in [-0.1, -0.05) is 6.07 Å². The SMILES string of the molecule is COc1ccc(-c2cnc3cccnn23)c2cccnc12. The molecule has 102 valence electrons. The molecule has 0 saturated carbocycles. The smallest absolute Gasteiger partial charge is 0.154 e. The summed E-state index contributed by atoms with van der Waals surface area (Å²) in [6, 6.07) is 11.7. The highest BCUT2D eigenvalue weighted by Crippen LogP contribution is 2.32. The molecule has 0 atom stereocenters. The molecule has 0 spiro atoms. The lowest BCUT2D eigenvalue weighted by atomic mass is 10.1. The highest BCUT2D eigenvalue weighted by molar-refractivity contribution is 5.97. The Morgan fingerprint density at radius 1 is 1.00 bits per heavy atom. The van der Waals surface area contributed by atoms with Gasteiger partial charge in [0.15, 0.2) is 5.65 Å². The third kappa shape index (κ3) is 1.74. The molecule has 0 amide bonds. The van der Waals surface area contributed by atoms with Gasteiger partial charge in [0, 0.05) is 23.3 Å². The number of fused-ring (bicyclic) bond motifs is 2. The predicted molar refractivity (Wildman–Crippen MR) is 80.3 cm³/mol. The van der Waals surface area contributed by atoms with Gasteiger partial charge in [-0.25, -0.2) is 9.50 Å². The van der Waals surface area contributed by atoms with Crippen LogP contribution in [0.3, 0.4) is 0 Å². The van der Waals surface area contributed by atoms with Crippen molar-refractivity contribution in [2.24, 2.45) is 0 Å². The van der Waals surface area contributed by atoms with Gasteiger partial charge in [-0.05, 0) is 30.3 Å². The summed E-state index contributed by atoms with van der Waals surface area (Å²) in [5.41, 5.74) is 3.63. The van der Waals surface area contributed by atoms with Crippen molar-refractivity contribution in [1.29, 1.82) is 0 Å². The second-order valence-electron chi connectivity index (χ2n) is 4.65. The molecule has 0 saturated heterocycles. The van der Waals surface area contributed by atoms with E-state index in [0.29, 0.717) is 0 Å². The van der Waals surface area contributed by atoms with Gasteiger partial charge in [0.2, 0.25) is 0 Å².